The van der Waals surface area contributed by atoms with Crippen molar-refractivity contribution in [1.82, 2.24) is 0 Å². The number of carbonyl (C=O) groups is 1. The Bertz CT molecular complexity index is 292. The van der Waals surface area contributed by atoms with Gasteiger partial charge in [-0.3, -0.25) is 4.79 Å². The molecule has 0 aromatic heterocycles. The van der Waals surface area contributed by atoms with Crippen molar-refractivity contribution in [3.8, 4) is 0 Å². The van der Waals surface area contributed by atoms with Gasteiger partial charge in [0.2, 0.25) is 5.91 Å². The van der Waals surface area contributed by atoms with Crippen LogP contribution < -0.4 is 10.8 Å². The smallest absolute Gasteiger partial charge is 0.247 e. The van der Waals surface area contributed by atoms with Crippen molar-refractivity contribution in [3.63, 3.8) is 0 Å². The van der Waals surface area contributed by atoms with E-state index in [2.05, 4.69) is 11.9 Å². The number of rotatable bonds is 2. The molecule has 0 unspecified atom stereocenters. The predicted molar refractivity (Wildman–Crippen MR) is 53.4 cm³/mol. The molecule has 0 saturated heterocycles. The van der Waals surface area contributed by atoms with Crippen LogP contribution in [0, 0.1) is 0 Å². The maximum atomic E-state index is 10.8. The molecule has 12 heavy (non-hydrogen) atoms. The fourth-order valence-corrected chi connectivity index (χ4v) is 0.830. The Balaban J connectivity index is 2.71. The minimum absolute atomic E-state index is 0.182. The molecule has 0 atom stereocenters. The second-order valence-corrected chi connectivity index (χ2v) is 2.56. The Kier molecular flexibility index (Phi) is 2.69. The van der Waals surface area contributed by atoms with Crippen molar-refractivity contribution in [3.05, 3.63) is 36.9 Å². The molecule has 0 aliphatic rings. The average molecular weight is 159 g/mol. The number of hydrogen-bond donors (Lipinski definition) is 1. The second kappa shape index (κ2) is 3.76. The highest BCUT2D eigenvalue weighted by atomic mass is 16.1. The molecule has 1 aromatic rings. The lowest BCUT2D eigenvalue weighted by Crippen LogP contribution is -2.08. The van der Waals surface area contributed by atoms with Crippen molar-refractivity contribution in [2.45, 2.75) is 0 Å². The highest BCUT2D eigenvalue weighted by molar-refractivity contribution is 6.32. The number of hydrogen-bond acceptors (Lipinski definition) is 1. The third kappa shape index (κ3) is 2.27. The SMILES string of the molecule is Bc1ccc(NC(=O)C=C)cc1. The number of carbonyl (C=O) groups excluding carboxylic acids is 1. The lowest BCUT2D eigenvalue weighted by Gasteiger charge is -2.01. The van der Waals surface area contributed by atoms with Gasteiger partial charge in [0, 0.05) is 5.69 Å². The summed E-state index contributed by atoms with van der Waals surface area (Å²) in [5.74, 6) is -0.182. The van der Waals surface area contributed by atoms with Crippen molar-refractivity contribution < 1.29 is 4.79 Å². The molecular weight excluding hydrogens is 149 g/mol. The van der Waals surface area contributed by atoms with Crippen molar-refractivity contribution in [2.75, 3.05) is 5.32 Å². The van der Waals surface area contributed by atoms with Crippen LogP contribution in [0.2, 0.25) is 0 Å². The van der Waals surface area contributed by atoms with Gasteiger partial charge in [-0.15, -0.1) is 0 Å². The maximum absolute atomic E-state index is 10.8. The zero-order valence-electron chi connectivity index (χ0n) is 7.00. The van der Waals surface area contributed by atoms with Gasteiger partial charge in [-0.25, -0.2) is 0 Å². The molecule has 0 fully saturated rings. The van der Waals surface area contributed by atoms with E-state index in [-0.39, 0.29) is 5.91 Å². The Morgan fingerprint density at radius 2 is 2.00 bits per heavy atom. The molecule has 60 valence electrons. The predicted octanol–water partition coefficient (Wildman–Crippen LogP) is 0.0695. The van der Waals surface area contributed by atoms with Gasteiger partial charge in [0.1, 0.15) is 7.85 Å². The van der Waals surface area contributed by atoms with Crippen molar-refractivity contribution >= 4 is 24.9 Å². The van der Waals surface area contributed by atoms with Gasteiger partial charge in [0.05, 0.1) is 0 Å². The molecule has 0 radical (unpaired) electrons. The molecular formula is C9H10BNO. The summed E-state index contributed by atoms with van der Waals surface area (Å²) >= 11 is 0. The Labute approximate surface area is 72.7 Å². The first-order chi connectivity index (χ1) is 5.72. The largest absolute Gasteiger partial charge is 0.323 e. The molecule has 0 heterocycles. The van der Waals surface area contributed by atoms with E-state index in [1.54, 1.807) is 0 Å². The standard InChI is InChI=1S/C9H10BNO/c1-2-9(12)11-8-5-3-7(10)4-6-8/h2-6H,1,10H2,(H,11,12). The zero-order chi connectivity index (χ0) is 8.97. The third-order valence-electron chi connectivity index (χ3n) is 1.50. The molecule has 0 saturated carbocycles. The van der Waals surface area contributed by atoms with Crippen molar-refractivity contribution in [2.24, 2.45) is 0 Å². The van der Waals surface area contributed by atoms with Crippen LogP contribution >= 0.6 is 0 Å². The average Bonchev–Trinajstić information content (AvgIpc) is 2.09. The Morgan fingerprint density at radius 3 is 2.50 bits per heavy atom. The third-order valence-corrected chi connectivity index (χ3v) is 1.50. The van der Waals surface area contributed by atoms with Crippen molar-refractivity contribution in [1.29, 1.82) is 0 Å². The van der Waals surface area contributed by atoms with Gasteiger partial charge in [-0.1, -0.05) is 24.2 Å². The van der Waals surface area contributed by atoms with Crippen LogP contribution in [-0.2, 0) is 4.79 Å². The molecule has 1 aromatic carbocycles. The molecule has 1 rings (SSSR count). The van der Waals surface area contributed by atoms with E-state index in [9.17, 15) is 4.79 Å². The van der Waals surface area contributed by atoms with Gasteiger partial charge in [0.15, 0.2) is 0 Å². The fourth-order valence-electron chi connectivity index (χ4n) is 0.830. The minimum atomic E-state index is -0.182. The first-order valence-electron chi connectivity index (χ1n) is 3.72. The Hall–Kier alpha value is -1.51. The maximum Gasteiger partial charge on any atom is 0.247 e. The molecule has 2 nitrogen and oxygen atoms in total. The van der Waals surface area contributed by atoms with Gasteiger partial charge in [0.25, 0.3) is 0 Å². The normalized spacial score (nSPS) is 9.00. The second-order valence-electron chi connectivity index (χ2n) is 2.56. The van der Waals surface area contributed by atoms with E-state index in [1.807, 2.05) is 32.1 Å². The summed E-state index contributed by atoms with van der Waals surface area (Å²) in [6.45, 7) is 3.36. The van der Waals surface area contributed by atoms with Gasteiger partial charge in [-0.2, -0.15) is 0 Å². The molecule has 3 heteroatoms. The van der Waals surface area contributed by atoms with E-state index < -0.39 is 0 Å². The first-order valence-corrected chi connectivity index (χ1v) is 3.72. The minimum Gasteiger partial charge on any atom is -0.323 e. The van der Waals surface area contributed by atoms with Gasteiger partial charge < -0.3 is 5.32 Å². The molecule has 0 aliphatic carbocycles. The summed E-state index contributed by atoms with van der Waals surface area (Å²) in [5, 5.41) is 2.66. The number of nitrogens with one attached hydrogen (secondary N) is 1. The van der Waals surface area contributed by atoms with E-state index >= 15 is 0 Å². The molecule has 0 aliphatic heterocycles. The number of benzene rings is 1. The lowest BCUT2D eigenvalue weighted by atomic mass is 9.96. The van der Waals surface area contributed by atoms with E-state index in [0.717, 1.165) is 5.69 Å². The van der Waals surface area contributed by atoms with Crippen LogP contribution in [0.3, 0.4) is 0 Å². The summed E-state index contributed by atoms with van der Waals surface area (Å²) in [5.41, 5.74) is 1.97. The van der Waals surface area contributed by atoms with E-state index in [4.69, 9.17) is 0 Å². The lowest BCUT2D eigenvalue weighted by molar-refractivity contribution is -0.111. The van der Waals surface area contributed by atoms with Crippen LogP contribution in [-0.4, -0.2) is 13.8 Å². The fraction of sp³-hybridized carbons (Fsp3) is 0. The quantitative estimate of drug-likeness (QED) is 0.480. The van der Waals surface area contributed by atoms with E-state index in [0.29, 0.717) is 0 Å². The Morgan fingerprint density at radius 1 is 1.42 bits per heavy atom. The summed E-state index contributed by atoms with van der Waals surface area (Å²) < 4.78 is 0. The van der Waals surface area contributed by atoms with Crippen LogP contribution in [0.5, 0.6) is 0 Å². The van der Waals surface area contributed by atoms with Crippen LogP contribution in [0.25, 0.3) is 0 Å². The van der Waals surface area contributed by atoms with Gasteiger partial charge >= 0.3 is 0 Å². The monoisotopic (exact) mass is 159 g/mol. The molecule has 1 N–H and O–H groups in total. The van der Waals surface area contributed by atoms with E-state index in [1.165, 1.54) is 11.5 Å². The first kappa shape index (κ1) is 8.59. The summed E-state index contributed by atoms with van der Waals surface area (Å²) in [6, 6.07) is 7.60. The number of anilines is 1. The van der Waals surface area contributed by atoms with Crippen LogP contribution in [0.1, 0.15) is 0 Å². The molecule has 0 bridgehead atoms. The highest BCUT2D eigenvalue weighted by Gasteiger charge is 1.94. The number of amides is 1. The van der Waals surface area contributed by atoms with Crippen LogP contribution in [0.15, 0.2) is 36.9 Å². The van der Waals surface area contributed by atoms with Crippen LogP contribution in [0.4, 0.5) is 5.69 Å². The summed E-state index contributed by atoms with van der Waals surface area (Å²) in [4.78, 5) is 10.8. The molecule has 1 amide bonds. The highest BCUT2D eigenvalue weighted by Crippen LogP contribution is 2.02. The summed E-state index contributed by atoms with van der Waals surface area (Å²) in [6.07, 6.45) is 1.25. The molecule has 0 spiro atoms. The summed E-state index contributed by atoms with van der Waals surface area (Å²) in [7, 11) is 2.00. The van der Waals surface area contributed by atoms with Gasteiger partial charge in [-0.05, 0) is 18.2 Å². The topological polar surface area (TPSA) is 29.1 Å². The zero-order valence-corrected chi connectivity index (χ0v) is 7.00.